The summed E-state index contributed by atoms with van der Waals surface area (Å²) in [5.74, 6) is -1.27. The molecule has 0 bridgehead atoms. The number of carbonyl (C=O) groups is 1. The van der Waals surface area contributed by atoms with E-state index in [1.54, 1.807) is 6.07 Å². The highest BCUT2D eigenvalue weighted by molar-refractivity contribution is 5.93. The summed E-state index contributed by atoms with van der Waals surface area (Å²) in [5, 5.41) is 19.9. The van der Waals surface area contributed by atoms with E-state index in [1.165, 1.54) is 12.1 Å². The van der Waals surface area contributed by atoms with Crippen molar-refractivity contribution in [3.8, 4) is 0 Å². The zero-order chi connectivity index (χ0) is 14.2. The van der Waals surface area contributed by atoms with Gasteiger partial charge in [0.1, 0.15) is 5.56 Å². The number of carboxylic acid groups (broad SMARTS) is 1. The molecule has 0 saturated carbocycles. The summed E-state index contributed by atoms with van der Waals surface area (Å²) < 4.78 is 0. The van der Waals surface area contributed by atoms with Gasteiger partial charge in [0, 0.05) is 23.8 Å². The average Bonchev–Trinajstić information content (AvgIpc) is 2.68. The summed E-state index contributed by atoms with van der Waals surface area (Å²) in [5.41, 5.74) is 0.0512. The Morgan fingerprint density at radius 3 is 2.63 bits per heavy atom. The quantitative estimate of drug-likeness (QED) is 0.670. The lowest BCUT2D eigenvalue weighted by atomic mass is 10.0. The Kier molecular flexibility index (Phi) is 3.18. The maximum atomic E-state index is 11.1. The van der Waals surface area contributed by atoms with E-state index in [9.17, 15) is 14.9 Å². The smallest absolute Gasteiger partial charge is 0.342 e. The van der Waals surface area contributed by atoms with E-state index in [0.717, 1.165) is 25.1 Å². The van der Waals surface area contributed by atoms with Crippen molar-refractivity contribution in [2.45, 2.75) is 32.2 Å². The summed E-state index contributed by atoms with van der Waals surface area (Å²) in [7, 11) is 0. The fourth-order valence-electron chi connectivity index (χ4n) is 2.61. The average molecular weight is 264 g/mol. The molecule has 102 valence electrons. The number of nitro groups is 1. The molecule has 1 aliphatic rings. The summed E-state index contributed by atoms with van der Waals surface area (Å²) >= 11 is 0. The van der Waals surface area contributed by atoms with Gasteiger partial charge in [0.05, 0.1) is 4.92 Å². The van der Waals surface area contributed by atoms with Gasteiger partial charge in [-0.1, -0.05) is 0 Å². The molecule has 6 heteroatoms. The number of rotatable bonds is 3. The molecule has 0 aliphatic carbocycles. The maximum absolute atomic E-state index is 11.1. The number of carboxylic acids is 1. The highest BCUT2D eigenvalue weighted by Gasteiger charge is 2.33. The fourth-order valence-corrected chi connectivity index (χ4v) is 2.61. The molecule has 19 heavy (non-hydrogen) atoms. The van der Waals surface area contributed by atoms with Crippen LogP contribution in [-0.2, 0) is 0 Å². The maximum Gasteiger partial charge on any atom is 0.342 e. The van der Waals surface area contributed by atoms with Gasteiger partial charge in [-0.2, -0.15) is 0 Å². The van der Waals surface area contributed by atoms with Gasteiger partial charge < -0.3 is 10.0 Å². The third-order valence-corrected chi connectivity index (χ3v) is 3.62. The van der Waals surface area contributed by atoms with Crippen LogP contribution >= 0.6 is 0 Å². The van der Waals surface area contributed by atoms with Gasteiger partial charge in [-0.3, -0.25) is 10.1 Å². The number of benzene rings is 1. The molecule has 1 aliphatic heterocycles. The molecule has 6 nitrogen and oxygen atoms in total. The monoisotopic (exact) mass is 264 g/mol. The van der Waals surface area contributed by atoms with Crippen LogP contribution in [0.2, 0.25) is 0 Å². The molecule has 0 atom stereocenters. The molecule has 0 unspecified atom stereocenters. The summed E-state index contributed by atoms with van der Waals surface area (Å²) in [6.07, 6.45) is 2.05. The van der Waals surface area contributed by atoms with Gasteiger partial charge >= 0.3 is 5.97 Å². The van der Waals surface area contributed by atoms with Gasteiger partial charge in [0.25, 0.3) is 5.69 Å². The number of nitrogens with zero attached hydrogens (tertiary/aromatic N) is 2. The molecule has 1 fully saturated rings. The largest absolute Gasteiger partial charge is 0.477 e. The van der Waals surface area contributed by atoms with Crippen LogP contribution < -0.4 is 4.90 Å². The van der Waals surface area contributed by atoms with Crippen molar-refractivity contribution in [1.29, 1.82) is 0 Å². The second-order valence-corrected chi connectivity index (χ2v) is 5.33. The first kappa shape index (κ1) is 13.3. The minimum absolute atomic E-state index is 0.0497. The number of nitro benzene ring substituents is 1. The topological polar surface area (TPSA) is 83.7 Å². The molecule has 1 aromatic carbocycles. The third kappa shape index (κ3) is 2.38. The summed E-state index contributed by atoms with van der Waals surface area (Å²) in [6.45, 7) is 5.01. The second-order valence-electron chi connectivity index (χ2n) is 5.33. The summed E-state index contributed by atoms with van der Waals surface area (Å²) in [6, 6.07) is 4.29. The lowest BCUT2D eigenvalue weighted by Crippen LogP contribution is -2.38. The SMILES string of the molecule is CC1(C)CCCN1c1ccc([N+](=O)[O-])c(C(=O)O)c1. The third-order valence-electron chi connectivity index (χ3n) is 3.62. The first-order valence-electron chi connectivity index (χ1n) is 6.12. The van der Waals surface area contributed by atoms with Crippen molar-refractivity contribution >= 4 is 17.3 Å². The van der Waals surface area contributed by atoms with Crippen LogP contribution in [0, 0.1) is 10.1 Å². The van der Waals surface area contributed by atoms with Crippen LogP contribution in [0.4, 0.5) is 11.4 Å². The van der Waals surface area contributed by atoms with Crippen molar-refractivity contribution in [3.63, 3.8) is 0 Å². The molecular weight excluding hydrogens is 248 g/mol. The Bertz CT molecular complexity index is 539. The number of anilines is 1. The van der Waals surface area contributed by atoms with Crippen molar-refractivity contribution in [3.05, 3.63) is 33.9 Å². The van der Waals surface area contributed by atoms with E-state index in [0.29, 0.717) is 0 Å². The lowest BCUT2D eigenvalue weighted by molar-refractivity contribution is -0.385. The molecule has 0 radical (unpaired) electrons. The molecular formula is C13H16N2O4. The lowest BCUT2D eigenvalue weighted by Gasteiger charge is -2.33. The molecule has 0 spiro atoms. The van der Waals surface area contributed by atoms with Crippen molar-refractivity contribution < 1.29 is 14.8 Å². The van der Waals surface area contributed by atoms with E-state index in [1.807, 2.05) is 0 Å². The van der Waals surface area contributed by atoms with E-state index in [4.69, 9.17) is 5.11 Å². The van der Waals surface area contributed by atoms with Crippen LogP contribution in [-0.4, -0.2) is 28.1 Å². The van der Waals surface area contributed by atoms with Gasteiger partial charge in [0.2, 0.25) is 0 Å². The molecule has 0 aromatic heterocycles. The summed E-state index contributed by atoms with van der Waals surface area (Å²) in [4.78, 5) is 23.4. The van der Waals surface area contributed by atoms with Crippen LogP contribution in [0.3, 0.4) is 0 Å². The Hall–Kier alpha value is -2.11. The first-order chi connectivity index (χ1) is 8.83. The van der Waals surface area contributed by atoms with Gasteiger partial charge in [-0.25, -0.2) is 4.79 Å². The van der Waals surface area contributed by atoms with Crippen molar-refractivity contribution in [2.75, 3.05) is 11.4 Å². The van der Waals surface area contributed by atoms with Gasteiger partial charge in [0.15, 0.2) is 0 Å². The van der Waals surface area contributed by atoms with Gasteiger partial charge in [-0.15, -0.1) is 0 Å². The molecule has 1 heterocycles. The van der Waals surface area contributed by atoms with Crippen LogP contribution in [0.1, 0.15) is 37.0 Å². The zero-order valence-electron chi connectivity index (χ0n) is 10.9. The minimum atomic E-state index is -1.27. The van der Waals surface area contributed by atoms with Crippen molar-refractivity contribution in [2.24, 2.45) is 0 Å². The van der Waals surface area contributed by atoms with E-state index < -0.39 is 10.9 Å². The highest BCUT2D eigenvalue weighted by atomic mass is 16.6. The minimum Gasteiger partial charge on any atom is -0.477 e. The predicted octanol–water partition coefficient (Wildman–Crippen LogP) is 2.67. The Morgan fingerprint density at radius 2 is 2.16 bits per heavy atom. The Balaban J connectivity index is 2.47. The van der Waals surface area contributed by atoms with E-state index in [2.05, 4.69) is 18.7 Å². The molecule has 1 aromatic rings. The van der Waals surface area contributed by atoms with Crippen LogP contribution in [0.5, 0.6) is 0 Å². The molecule has 0 amide bonds. The first-order valence-corrected chi connectivity index (χ1v) is 6.12. The number of aromatic carboxylic acids is 1. The van der Waals surface area contributed by atoms with E-state index in [-0.39, 0.29) is 16.8 Å². The molecule has 1 saturated heterocycles. The van der Waals surface area contributed by atoms with E-state index >= 15 is 0 Å². The molecule has 1 N–H and O–H groups in total. The standard InChI is InChI=1S/C13H16N2O4/c1-13(2)6-3-7-14(13)9-4-5-11(15(18)19)10(8-9)12(16)17/h4-5,8H,3,6-7H2,1-2H3,(H,16,17). The Labute approximate surface area is 110 Å². The van der Waals surface area contributed by atoms with Crippen molar-refractivity contribution in [1.82, 2.24) is 0 Å². The molecule has 2 rings (SSSR count). The van der Waals surface area contributed by atoms with Crippen LogP contribution in [0.15, 0.2) is 18.2 Å². The normalized spacial score (nSPS) is 17.5. The zero-order valence-corrected chi connectivity index (χ0v) is 10.9. The second kappa shape index (κ2) is 4.53. The fraction of sp³-hybridized carbons (Fsp3) is 0.462. The van der Waals surface area contributed by atoms with Crippen LogP contribution in [0.25, 0.3) is 0 Å². The van der Waals surface area contributed by atoms with Gasteiger partial charge in [-0.05, 0) is 38.8 Å². The predicted molar refractivity (Wildman–Crippen MR) is 70.7 cm³/mol. The number of hydrogen-bond acceptors (Lipinski definition) is 4. The highest BCUT2D eigenvalue weighted by Crippen LogP contribution is 2.35. The number of hydrogen-bond donors (Lipinski definition) is 1. The Morgan fingerprint density at radius 1 is 1.47 bits per heavy atom.